The van der Waals surface area contributed by atoms with Crippen molar-refractivity contribution in [1.29, 1.82) is 0 Å². The summed E-state index contributed by atoms with van der Waals surface area (Å²) in [5.41, 5.74) is 1.50. The molecule has 1 unspecified atom stereocenters. The molecule has 7 heteroatoms. The van der Waals surface area contributed by atoms with Crippen molar-refractivity contribution in [2.45, 2.75) is 32.4 Å². The van der Waals surface area contributed by atoms with E-state index in [1.165, 1.54) is 11.3 Å². The maximum absolute atomic E-state index is 13.2. The Balaban J connectivity index is 1.71. The van der Waals surface area contributed by atoms with Crippen molar-refractivity contribution in [2.75, 3.05) is 18.1 Å². The third-order valence-electron chi connectivity index (χ3n) is 4.40. The van der Waals surface area contributed by atoms with Gasteiger partial charge in [0.15, 0.2) is 5.13 Å². The van der Waals surface area contributed by atoms with Crippen molar-refractivity contribution in [3.05, 3.63) is 42.2 Å². The van der Waals surface area contributed by atoms with E-state index in [2.05, 4.69) is 10.1 Å². The first kappa shape index (κ1) is 16.2. The fourth-order valence-corrected chi connectivity index (χ4v) is 4.09. The fraction of sp³-hybridized carbons (Fsp3) is 0.389. The Morgan fingerprint density at radius 3 is 3.04 bits per heavy atom. The molecule has 1 aliphatic rings. The molecule has 0 radical (unpaired) electrons. The highest BCUT2D eigenvalue weighted by atomic mass is 32.1. The van der Waals surface area contributed by atoms with Crippen molar-refractivity contribution in [2.24, 2.45) is 0 Å². The van der Waals surface area contributed by atoms with Gasteiger partial charge in [-0.05, 0) is 38.0 Å². The lowest BCUT2D eigenvalue weighted by Crippen LogP contribution is -2.38. The smallest absolute Gasteiger partial charge is 0.278 e. The molecule has 1 atom stereocenters. The van der Waals surface area contributed by atoms with E-state index in [-0.39, 0.29) is 12.0 Å². The second-order valence-electron chi connectivity index (χ2n) is 6.05. The number of benzene rings is 1. The summed E-state index contributed by atoms with van der Waals surface area (Å²) in [6.45, 7) is 3.92. The maximum atomic E-state index is 13.2. The first-order chi connectivity index (χ1) is 12.3. The maximum Gasteiger partial charge on any atom is 0.278 e. The molecule has 1 amide bonds. The minimum absolute atomic E-state index is 0.0639. The molecule has 0 spiro atoms. The number of amides is 1. The van der Waals surface area contributed by atoms with Gasteiger partial charge in [0.25, 0.3) is 5.91 Å². The topological polar surface area (TPSA) is 60.2 Å². The monoisotopic (exact) mass is 356 g/mol. The number of fused-ring (bicyclic) bond motifs is 1. The fourth-order valence-electron chi connectivity index (χ4n) is 3.12. The number of anilines is 1. The Kier molecular flexibility index (Phi) is 4.50. The van der Waals surface area contributed by atoms with E-state index >= 15 is 0 Å². The van der Waals surface area contributed by atoms with E-state index < -0.39 is 0 Å². The van der Waals surface area contributed by atoms with E-state index in [9.17, 15) is 4.79 Å². The molecule has 1 aromatic carbocycles. The van der Waals surface area contributed by atoms with Gasteiger partial charge in [0, 0.05) is 19.3 Å². The van der Waals surface area contributed by atoms with Crippen LogP contribution in [0, 0.1) is 0 Å². The average Bonchev–Trinajstić information content (AvgIpc) is 3.38. The lowest BCUT2D eigenvalue weighted by molar-refractivity contribution is 0.0908. The Bertz CT molecular complexity index is 849. The summed E-state index contributed by atoms with van der Waals surface area (Å²) in [5.74, 6) is -0.0751. The molecule has 0 aliphatic carbocycles. The van der Waals surface area contributed by atoms with E-state index in [4.69, 9.17) is 4.74 Å². The van der Waals surface area contributed by atoms with Crippen LogP contribution in [0.25, 0.3) is 10.2 Å². The van der Waals surface area contributed by atoms with Gasteiger partial charge < -0.3 is 4.74 Å². The Hall–Kier alpha value is -2.25. The summed E-state index contributed by atoms with van der Waals surface area (Å²) in [4.78, 5) is 19.7. The van der Waals surface area contributed by atoms with Crippen LogP contribution in [0.5, 0.6) is 0 Å². The quantitative estimate of drug-likeness (QED) is 0.703. The van der Waals surface area contributed by atoms with Crippen LogP contribution in [0.1, 0.15) is 30.3 Å². The number of aryl methyl sites for hydroxylation is 1. The zero-order valence-corrected chi connectivity index (χ0v) is 14.9. The van der Waals surface area contributed by atoms with Crippen molar-refractivity contribution >= 4 is 32.6 Å². The third kappa shape index (κ3) is 3.17. The lowest BCUT2D eigenvalue weighted by atomic mass is 10.2. The third-order valence-corrected chi connectivity index (χ3v) is 5.46. The Morgan fingerprint density at radius 2 is 2.28 bits per heavy atom. The minimum Gasteiger partial charge on any atom is -0.376 e. The number of carbonyl (C=O) groups excluding carboxylic acids is 1. The summed E-state index contributed by atoms with van der Waals surface area (Å²) >= 11 is 1.54. The summed E-state index contributed by atoms with van der Waals surface area (Å²) in [5, 5.41) is 4.94. The molecule has 0 bridgehead atoms. The van der Waals surface area contributed by atoms with Gasteiger partial charge in [-0.3, -0.25) is 14.4 Å². The summed E-state index contributed by atoms with van der Waals surface area (Å²) < 4.78 is 8.56. The molecule has 1 fully saturated rings. The molecule has 3 aromatic rings. The van der Waals surface area contributed by atoms with Gasteiger partial charge in [0.2, 0.25) is 0 Å². The molecule has 25 heavy (non-hydrogen) atoms. The highest BCUT2D eigenvalue weighted by Crippen LogP contribution is 2.30. The van der Waals surface area contributed by atoms with E-state index in [0.29, 0.717) is 23.9 Å². The van der Waals surface area contributed by atoms with Crippen LogP contribution in [0.15, 0.2) is 36.5 Å². The van der Waals surface area contributed by atoms with Crippen molar-refractivity contribution in [3.8, 4) is 0 Å². The van der Waals surface area contributed by atoms with Crippen LogP contribution in [0.3, 0.4) is 0 Å². The van der Waals surface area contributed by atoms with Crippen LogP contribution in [0.2, 0.25) is 0 Å². The number of thiazole rings is 1. The van der Waals surface area contributed by atoms with Crippen LogP contribution >= 0.6 is 11.3 Å². The van der Waals surface area contributed by atoms with Crippen molar-refractivity contribution in [1.82, 2.24) is 14.8 Å². The van der Waals surface area contributed by atoms with Crippen molar-refractivity contribution < 1.29 is 9.53 Å². The van der Waals surface area contributed by atoms with Gasteiger partial charge in [-0.25, -0.2) is 4.98 Å². The minimum atomic E-state index is -0.0751. The first-order valence-corrected chi connectivity index (χ1v) is 9.38. The zero-order valence-electron chi connectivity index (χ0n) is 14.1. The predicted octanol–water partition coefficient (Wildman–Crippen LogP) is 3.34. The summed E-state index contributed by atoms with van der Waals surface area (Å²) in [6.07, 6.45) is 3.74. The van der Waals surface area contributed by atoms with E-state index in [1.54, 1.807) is 21.8 Å². The van der Waals surface area contributed by atoms with Crippen molar-refractivity contribution in [3.63, 3.8) is 0 Å². The number of para-hydroxylation sites is 1. The molecule has 6 nitrogen and oxygen atoms in total. The lowest BCUT2D eigenvalue weighted by Gasteiger charge is -2.23. The Morgan fingerprint density at radius 1 is 1.40 bits per heavy atom. The number of hydrogen-bond donors (Lipinski definition) is 0. The summed E-state index contributed by atoms with van der Waals surface area (Å²) in [7, 11) is 0. The van der Waals surface area contributed by atoms with E-state index in [0.717, 1.165) is 29.7 Å². The van der Waals surface area contributed by atoms with Crippen LogP contribution in [-0.4, -0.2) is 39.9 Å². The first-order valence-electron chi connectivity index (χ1n) is 8.57. The highest BCUT2D eigenvalue weighted by molar-refractivity contribution is 7.22. The Labute approximate surface area is 150 Å². The number of carbonyl (C=O) groups is 1. The predicted molar refractivity (Wildman–Crippen MR) is 98.2 cm³/mol. The molecule has 0 N–H and O–H groups in total. The van der Waals surface area contributed by atoms with Gasteiger partial charge in [-0.1, -0.05) is 23.5 Å². The SMILES string of the molecule is CCn1nccc1C(=O)N(CC1CCCO1)c1nc2ccccc2s1. The van der Waals surface area contributed by atoms with Crippen LogP contribution in [0.4, 0.5) is 5.13 Å². The zero-order chi connectivity index (χ0) is 17.2. The van der Waals surface area contributed by atoms with E-state index in [1.807, 2.05) is 31.2 Å². The van der Waals surface area contributed by atoms with Crippen LogP contribution in [-0.2, 0) is 11.3 Å². The molecular weight excluding hydrogens is 336 g/mol. The average molecular weight is 356 g/mol. The number of nitrogens with zero attached hydrogens (tertiary/aromatic N) is 4. The van der Waals surface area contributed by atoms with Gasteiger partial charge in [-0.15, -0.1) is 0 Å². The summed E-state index contributed by atoms with van der Waals surface area (Å²) in [6, 6.07) is 9.72. The van der Waals surface area contributed by atoms with Gasteiger partial charge in [0.1, 0.15) is 5.69 Å². The molecule has 3 heterocycles. The van der Waals surface area contributed by atoms with Crippen LogP contribution < -0.4 is 4.90 Å². The second-order valence-corrected chi connectivity index (χ2v) is 7.06. The number of rotatable bonds is 5. The van der Waals surface area contributed by atoms with Gasteiger partial charge in [-0.2, -0.15) is 5.10 Å². The standard InChI is InChI=1S/C18H20N4O2S/c1-2-22-15(9-10-19-22)17(23)21(12-13-6-5-11-24-13)18-20-14-7-3-4-8-16(14)25-18/h3-4,7-10,13H,2,5-6,11-12H2,1H3. The van der Waals surface area contributed by atoms with Gasteiger partial charge >= 0.3 is 0 Å². The molecule has 0 saturated carbocycles. The molecule has 1 saturated heterocycles. The molecule has 2 aromatic heterocycles. The number of aromatic nitrogens is 3. The highest BCUT2D eigenvalue weighted by Gasteiger charge is 2.28. The number of hydrogen-bond acceptors (Lipinski definition) is 5. The molecule has 130 valence electrons. The molecular formula is C18H20N4O2S. The van der Waals surface area contributed by atoms with Gasteiger partial charge in [0.05, 0.1) is 22.9 Å². The number of ether oxygens (including phenoxy) is 1. The largest absolute Gasteiger partial charge is 0.376 e. The normalized spacial score (nSPS) is 17.2. The molecule has 4 rings (SSSR count). The second kappa shape index (κ2) is 6.93. The molecule has 1 aliphatic heterocycles.